The molecule has 0 aliphatic carbocycles. The summed E-state index contributed by atoms with van der Waals surface area (Å²) in [7, 11) is 0. The monoisotopic (exact) mass is 621 g/mol. The summed E-state index contributed by atoms with van der Waals surface area (Å²) < 4.78 is 17.7. The molecule has 218 valence electrons. The van der Waals surface area contributed by atoms with E-state index < -0.39 is 29.3 Å². The van der Waals surface area contributed by atoms with Crippen molar-refractivity contribution in [1.29, 1.82) is 0 Å². The quantitative estimate of drug-likeness (QED) is 0.0702. The van der Waals surface area contributed by atoms with E-state index in [1.54, 1.807) is 23.6 Å². The van der Waals surface area contributed by atoms with Gasteiger partial charge in [0.15, 0.2) is 10.1 Å². The van der Waals surface area contributed by atoms with Gasteiger partial charge in [-0.05, 0) is 47.9 Å². The van der Waals surface area contributed by atoms with Gasteiger partial charge in [-0.2, -0.15) is 0 Å². The first-order chi connectivity index (χ1) is 21.3. The van der Waals surface area contributed by atoms with Gasteiger partial charge in [-0.15, -0.1) is 10.2 Å². The number of benzene rings is 3. The van der Waals surface area contributed by atoms with Crippen molar-refractivity contribution in [3.8, 4) is 0 Å². The van der Waals surface area contributed by atoms with Crippen molar-refractivity contribution in [3.05, 3.63) is 125 Å². The highest BCUT2D eigenvalue weighted by molar-refractivity contribution is 8.00. The number of anilines is 1. The first-order valence-electron chi connectivity index (χ1n) is 13.8. The number of thioether (sulfide) groups is 1. The molecule has 8 nitrogen and oxygen atoms in total. The molecule has 0 saturated carbocycles. The third kappa shape index (κ3) is 4.56. The maximum atomic E-state index is 15.4. The van der Waals surface area contributed by atoms with Gasteiger partial charge in [0.1, 0.15) is 23.2 Å². The Labute approximate surface area is 259 Å². The highest BCUT2D eigenvalue weighted by Crippen LogP contribution is 2.45. The smallest absolute Gasteiger partial charge is 0.301 e. The number of carbonyl (C=O) groups is 2. The number of Topliss-reactive ketones (excluding diaryl/α,β-unsaturated/α-hetero) is 1. The Hall–Kier alpha value is -4.87. The third-order valence-electron chi connectivity index (χ3n) is 7.79. The van der Waals surface area contributed by atoms with Crippen LogP contribution in [0.25, 0.3) is 22.2 Å². The summed E-state index contributed by atoms with van der Waals surface area (Å²) >= 11 is 2.58. The van der Waals surface area contributed by atoms with Gasteiger partial charge in [-0.25, -0.2) is 9.37 Å². The zero-order chi connectivity index (χ0) is 30.5. The third-order valence-corrected chi connectivity index (χ3v) is 9.89. The first kappa shape index (κ1) is 27.9. The minimum absolute atomic E-state index is 0.0472. The molecule has 11 heteroatoms. The Morgan fingerprint density at radius 3 is 2.57 bits per heavy atom. The molecular weight excluding hydrogens is 598 g/mol. The lowest BCUT2D eigenvalue weighted by molar-refractivity contribution is -0.132. The molecule has 1 aliphatic rings. The number of ketones is 1. The van der Waals surface area contributed by atoms with Gasteiger partial charge >= 0.3 is 5.91 Å². The predicted octanol–water partition coefficient (Wildman–Crippen LogP) is 7.01. The van der Waals surface area contributed by atoms with E-state index in [1.165, 1.54) is 30.0 Å². The maximum absolute atomic E-state index is 15.4. The Morgan fingerprint density at radius 2 is 1.75 bits per heavy atom. The molecule has 1 N–H and O–H groups in total. The summed E-state index contributed by atoms with van der Waals surface area (Å²) in [5.74, 6) is -2.39. The Kier molecular flexibility index (Phi) is 6.98. The second kappa shape index (κ2) is 11.0. The van der Waals surface area contributed by atoms with Crippen LogP contribution in [0.5, 0.6) is 0 Å². The van der Waals surface area contributed by atoms with Crippen molar-refractivity contribution in [3.63, 3.8) is 0 Å². The van der Waals surface area contributed by atoms with E-state index in [4.69, 9.17) is 0 Å². The summed E-state index contributed by atoms with van der Waals surface area (Å²) in [5, 5.41) is 22.5. The number of aromatic nitrogens is 4. The van der Waals surface area contributed by atoms with E-state index in [1.807, 2.05) is 37.3 Å². The number of hydrogen-bond donors (Lipinski definition) is 1. The fourth-order valence-corrected chi connectivity index (χ4v) is 7.48. The topological polar surface area (TPSA) is 101 Å². The molecule has 1 unspecified atom stereocenters. The van der Waals surface area contributed by atoms with E-state index in [2.05, 4.69) is 39.4 Å². The average molecular weight is 622 g/mol. The Bertz CT molecular complexity index is 2150. The molecule has 0 spiro atoms. The number of aliphatic hydroxyl groups excluding tert-OH is 1. The van der Waals surface area contributed by atoms with Crippen molar-refractivity contribution in [2.45, 2.75) is 30.0 Å². The largest absolute Gasteiger partial charge is 0.505 e. The number of amides is 1. The van der Waals surface area contributed by atoms with Crippen molar-refractivity contribution < 1.29 is 19.1 Å². The first-order valence-corrected chi connectivity index (χ1v) is 15.6. The van der Waals surface area contributed by atoms with Crippen LogP contribution in [0.4, 0.5) is 9.52 Å². The molecule has 1 atom stereocenters. The molecule has 3 aromatic heterocycles. The lowest BCUT2D eigenvalue weighted by atomic mass is 9.96. The normalized spacial score (nSPS) is 16.4. The molecule has 1 amide bonds. The number of pyridine rings is 1. The molecule has 44 heavy (non-hydrogen) atoms. The number of carbonyl (C=O) groups excluding carboxylic acids is 2. The fourth-order valence-electron chi connectivity index (χ4n) is 5.61. The van der Waals surface area contributed by atoms with Gasteiger partial charge in [0.05, 0.1) is 11.3 Å². The Balaban J connectivity index is 1.30. The second-order valence-corrected chi connectivity index (χ2v) is 12.6. The van der Waals surface area contributed by atoms with Crippen LogP contribution in [-0.4, -0.2) is 36.4 Å². The molecule has 7 rings (SSSR count). The molecule has 1 aliphatic heterocycles. The fraction of sp³-hybridized carbons (Fsp3) is 0.121. The molecular formula is C33H24FN5O3S2. The van der Waals surface area contributed by atoms with Crippen LogP contribution in [0.3, 0.4) is 0 Å². The van der Waals surface area contributed by atoms with Gasteiger partial charge in [0, 0.05) is 17.5 Å². The van der Waals surface area contributed by atoms with Crippen molar-refractivity contribution >= 4 is 62.1 Å². The van der Waals surface area contributed by atoms with Crippen LogP contribution in [-0.2, 0) is 15.3 Å². The lowest BCUT2D eigenvalue weighted by Gasteiger charge is -2.22. The number of nitrogens with zero attached hydrogens (tertiary/aromatic N) is 5. The van der Waals surface area contributed by atoms with Crippen LogP contribution in [0, 0.1) is 19.7 Å². The summed E-state index contributed by atoms with van der Waals surface area (Å²) in [4.78, 5) is 32.9. The minimum atomic E-state index is -1.27. The van der Waals surface area contributed by atoms with E-state index in [0.29, 0.717) is 21.4 Å². The number of imidazole rings is 1. The van der Waals surface area contributed by atoms with Crippen molar-refractivity contribution in [1.82, 2.24) is 19.6 Å². The highest BCUT2D eigenvalue weighted by Gasteiger charge is 2.49. The van der Waals surface area contributed by atoms with Crippen molar-refractivity contribution in [2.24, 2.45) is 0 Å². The Morgan fingerprint density at radius 1 is 0.977 bits per heavy atom. The number of rotatable bonds is 6. The SMILES string of the molecule is Cc1cccn2c(C)c(/C(O)=C3\C(=O)C(=O)N(c4nnc(SCc5cccc6ccccc56)s4)C3c3ccccc3F)nc12. The molecule has 3 aromatic carbocycles. The standard InChI is InChI=1S/C33H24FN5O3S2/c1-18-9-8-16-38-19(2)26(35-30(18)38)28(40)25-27(23-14-5-6-15-24(23)34)39(31(42)29(25)41)32-36-37-33(44-32)43-17-21-12-7-11-20-10-3-4-13-22(20)21/h3-16,27,40H,17H2,1-2H3/b28-25+. The van der Waals surface area contributed by atoms with Crippen LogP contribution in [0.2, 0.25) is 0 Å². The van der Waals surface area contributed by atoms with Crippen LogP contribution < -0.4 is 4.90 Å². The van der Waals surface area contributed by atoms with Gasteiger partial charge in [-0.3, -0.25) is 14.5 Å². The number of fused-ring (bicyclic) bond motifs is 2. The van der Waals surface area contributed by atoms with E-state index in [-0.39, 0.29) is 22.0 Å². The van der Waals surface area contributed by atoms with Gasteiger partial charge < -0.3 is 9.51 Å². The summed E-state index contributed by atoms with van der Waals surface area (Å²) in [6.07, 6.45) is 1.80. The summed E-state index contributed by atoms with van der Waals surface area (Å²) in [6, 6.07) is 22.6. The molecule has 6 aromatic rings. The van der Waals surface area contributed by atoms with Gasteiger partial charge in [0.25, 0.3) is 5.78 Å². The number of aliphatic hydroxyl groups is 1. The maximum Gasteiger partial charge on any atom is 0.301 e. The second-order valence-electron chi connectivity index (χ2n) is 10.4. The zero-order valence-corrected chi connectivity index (χ0v) is 25.2. The van der Waals surface area contributed by atoms with Crippen LogP contribution in [0.15, 0.2) is 95.0 Å². The summed E-state index contributed by atoms with van der Waals surface area (Å²) in [5.41, 5.74) is 3.08. The molecule has 1 saturated heterocycles. The minimum Gasteiger partial charge on any atom is -0.505 e. The predicted molar refractivity (Wildman–Crippen MR) is 169 cm³/mol. The lowest BCUT2D eigenvalue weighted by Crippen LogP contribution is -2.29. The molecule has 0 radical (unpaired) electrons. The van der Waals surface area contributed by atoms with Gasteiger partial charge in [-0.1, -0.05) is 89.8 Å². The summed E-state index contributed by atoms with van der Waals surface area (Å²) in [6.45, 7) is 3.64. The van der Waals surface area contributed by atoms with E-state index >= 15 is 4.39 Å². The number of aryl methyl sites for hydroxylation is 2. The van der Waals surface area contributed by atoms with E-state index in [9.17, 15) is 14.7 Å². The zero-order valence-electron chi connectivity index (χ0n) is 23.6. The molecule has 4 heterocycles. The number of hydrogen-bond acceptors (Lipinski definition) is 8. The highest BCUT2D eigenvalue weighted by atomic mass is 32.2. The van der Waals surface area contributed by atoms with E-state index in [0.717, 1.165) is 38.1 Å². The molecule has 1 fully saturated rings. The van der Waals surface area contributed by atoms with Crippen LogP contribution in [0.1, 0.15) is 34.1 Å². The van der Waals surface area contributed by atoms with Crippen LogP contribution >= 0.6 is 23.1 Å². The molecule has 0 bridgehead atoms. The van der Waals surface area contributed by atoms with Gasteiger partial charge in [0.2, 0.25) is 5.13 Å². The van der Waals surface area contributed by atoms with Crippen molar-refractivity contribution in [2.75, 3.05) is 4.90 Å². The average Bonchev–Trinajstić information content (AvgIpc) is 3.71. The number of halogens is 1.